The van der Waals surface area contributed by atoms with Crippen molar-refractivity contribution in [3.63, 3.8) is 0 Å². The summed E-state index contributed by atoms with van der Waals surface area (Å²) in [4.78, 5) is 0. The summed E-state index contributed by atoms with van der Waals surface area (Å²) < 4.78 is 13.5. The molecule has 2 nitrogen and oxygen atoms in total. The molecule has 0 unspecified atom stereocenters. The summed E-state index contributed by atoms with van der Waals surface area (Å²) in [6.07, 6.45) is 14.2. The average Bonchev–Trinajstić information content (AvgIpc) is 2.85. The lowest BCUT2D eigenvalue weighted by atomic mass is 9.61. The van der Waals surface area contributed by atoms with Crippen molar-refractivity contribution in [2.45, 2.75) is 104 Å². The Morgan fingerprint density at radius 3 is 2.54 bits per heavy atom. The average molecular weight is 361 g/mol. The zero-order valence-corrected chi connectivity index (χ0v) is 18.0. The third-order valence-corrected chi connectivity index (χ3v) is 6.61. The Balaban J connectivity index is 2.60. The van der Waals surface area contributed by atoms with Crippen molar-refractivity contribution in [3.05, 3.63) is 37.0 Å². The van der Waals surface area contributed by atoms with Crippen molar-refractivity contribution in [1.29, 1.82) is 0 Å². The van der Waals surface area contributed by atoms with Gasteiger partial charge in [0.05, 0.1) is 0 Å². The predicted molar refractivity (Wildman–Crippen MR) is 111 cm³/mol. The quantitative estimate of drug-likeness (QED) is 0.435. The van der Waals surface area contributed by atoms with Gasteiger partial charge >= 0.3 is 0 Å². The number of hydrogen-bond acceptors (Lipinski definition) is 2. The molecule has 3 atom stereocenters. The summed E-state index contributed by atoms with van der Waals surface area (Å²) >= 11 is 0. The molecule has 2 aliphatic rings. The third-order valence-electron chi connectivity index (χ3n) is 6.61. The third kappa shape index (κ3) is 3.73. The Morgan fingerprint density at radius 1 is 1.27 bits per heavy atom. The van der Waals surface area contributed by atoms with E-state index in [0.717, 1.165) is 38.5 Å². The van der Waals surface area contributed by atoms with Gasteiger partial charge in [-0.25, -0.2) is 0 Å². The van der Waals surface area contributed by atoms with Crippen LogP contribution in [-0.4, -0.2) is 17.5 Å². The van der Waals surface area contributed by atoms with Gasteiger partial charge in [0.25, 0.3) is 0 Å². The summed E-state index contributed by atoms with van der Waals surface area (Å²) in [6, 6.07) is 0. The van der Waals surface area contributed by atoms with E-state index >= 15 is 0 Å². The Kier molecular flexibility index (Phi) is 6.30. The first kappa shape index (κ1) is 21.4. The molecule has 0 aromatic carbocycles. The Bertz CT molecular complexity index is 557. The summed E-state index contributed by atoms with van der Waals surface area (Å²) in [6.45, 7) is 21.5. The molecule has 26 heavy (non-hydrogen) atoms. The second-order valence-corrected chi connectivity index (χ2v) is 9.54. The van der Waals surface area contributed by atoms with E-state index in [1.54, 1.807) is 0 Å². The molecule has 2 rings (SSSR count). The van der Waals surface area contributed by atoms with Gasteiger partial charge in [0, 0.05) is 10.8 Å². The van der Waals surface area contributed by atoms with Gasteiger partial charge in [0.2, 0.25) is 0 Å². The van der Waals surface area contributed by atoms with Gasteiger partial charge in [-0.05, 0) is 51.5 Å². The van der Waals surface area contributed by atoms with Crippen LogP contribution in [0.5, 0.6) is 0 Å². The van der Waals surface area contributed by atoms with Gasteiger partial charge in [-0.15, -0.1) is 13.2 Å². The molecule has 1 aliphatic carbocycles. The molecular weight excluding hydrogens is 320 g/mol. The minimum absolute atomic E-state index is 0.0194. The van der Waals surface area contributed by atoms with Crippen LogP contribution in [-0.2, 0) is 9.47 Å². The fourth-order valence-electron chi connectivity index (χ4n) is 4.93. The maximum absolute atomic E-state index is 6.81. The highest BCUT2D eigenvalue weighted by Gasteiger charge is 2.62. The van der Waals surface area contributed by atoms with Crippen molar-refractivity contribution in [2.75, 3.05) is 0 Å². The van der Waals surface area contributed by atoms with Gasteiger partial charge in [0.1, 0.15) is 11.7 Å². The maximum Gasteiger partial charge on any atom is 0.164 e. The van der Waals surface area contributed by atoms with E-state index in [4.69, 9.17) is 9.47 Å². The molecular formula is C24H40O2. The number of allylic oxidation sites excluding steroid dienone is 3. The molecule has 1 fully saturated rings. The molecule has 0 spiro atoms. The van der Waals surface area contributed by atoms with E-state index in [-0.39, 0.29) is 22.5 Å². The van der Waals surface area contributed by atoms with E-state index in [2.05, 4.69) is 66.9 Å². The lowest BCUT2D eigenvalue weighted by Crippen LogP contribution is -2.54. The minimum atomic E-state index is -0.586. The molecule has 1 saturated heterocycles. The second-order valence-electron chi connectivity index (χ2n) is 9.54. The summed E-state index contributed by atoms with van der Waals surface area (Å²) in [5.41, 5.74) is 0.934. The molecule has 0 aromatic rings. The van der Waals surface area contributed by atoms with Gasteiger partial charge in [-0.2, -0.15) is 0 Å². The molecule has 2 heteroatoms. The first-order valence-electron chi connectivity index (χ1n) is 10.4. The fraction of sp³-hybridized carbons (Fsp3) is 0.750. The van der Waals surface area contributed by atoms with E-state index in [1.807, 2.05) is 6.08 Å². The van der Waals surface area contributed by atoms with Gasteiger partial charge in [-0.3, -0.25) is 0 Å². The van der Waals surface area contributed by atoms with Crippen LogP contribution in [0.2, 0.25) is 0 Å². The lowest BCUT2D eigenvalue weighted by molar-refractivity contribution is -0.188. The molecule has 0 N–H and O–H groups in total. The topological polar surface area (TPSA) is 18.5 Å². The highest BCUT2D eigenvalue weighted by molar-refractivity contribution is 5.32. The number of rotatable bonds is 8. The van der Waals surface area contributed by atoms with Crippen molar-refractivity contribution >= 4 is 0 Å². The summed E-state index contributed by atoms with van der Waals surface area (Å²) in [5, 5.41) is 0. The van der Waals surface area contributed by atoms with Crippen LogP contribution < -0.4 is 0 Å². The highest BCUT2D eigenvalue weighted by Crippen LogP contribution is 2.57. The molecule has 0 amide bonds. The lowest BCUT2D eigenvalue weighted by Gasteiger charge is -2.49. The molecule has 148 valence electrons. The van der Waals surface area contributed by atoms with Crippen LogP contribution in [0.25, 0.3) is 0 Å². The van der Waals surface area contributed by atoms with Crippen LogP contribution >= 0.6 is 0 Å². The van der Waals surface area contributed by atoms with E-state index in [1.165, 1.54) is 12.0 Å². The van der Waals surface area contributed by atoms with E-state index < -0.39 is 5.79 Å². The molecule has 0 aromatic heterocycles. The fourth-order valence-corrected chi connectivity index (χ4v) is 4.93. The first-order chi connectivity index (χ1) is 12.1. The van der Waals surface area contributed by atoms with E-state index in [9.17, 15) is 0 Å². The Hall–Kier alpha value is -0.860. The monoisotopic (exact) mass is 360 g/mol. The van der Waals surface area contributed by atoms with Crippen LogP contribution in [0.4, 0.5) is 0 Å². The van der Waals surface area contributed by atoms with Crippen molar-refractivity contribution < 1.29 is 9.47 Å². The largest absolute Gasteiger partial charge is 0.340 e. The number of hydrogen-bond donors (Lipinski definition) is 0. The smallest absolute Gasteiger partial charge is 0.164 e. The van der Waals surface area contributed by atoms with E-state index in [0.29, 0.717) is 0 Å². The van der Waals surface area contributed by atoms with Crippen molar-refractivity contribution in [1.82, 2.24) is 0 Å². The normalized spacial score (nSPS) is 34.4. The van der Waals surface area contributed by atoms with Gasteiger partial charge < -0.3 is 9.47 Å². The summed E-state index contributed by atoms with van der Waals surface area (Å²) in [7, 11) is 0. The molecule has 1 aliphatic heterocycles. The standard InChI is InChI=1S/C24H40O2/c1-9-12-18-24(21(4,5)16-10-2)20(25-22(6,7)26-24)19-15-13-14-17-23(19,8)11-3/h10-11,15,20H,2-3,9,12-14,16-18H2,1,4-8H3/t20-,23-,24+/m0/s1. The number of unbranched alkanes of at least 4 members (excludes halogenated alkanes) is 1. The van der Waals surface area contributed by atoms with Crippen LogP contribution in [0.15, 0.2) is 37.0 Å². The van der Waals surface area contributed by atoms with Crippen LogP contribution in [0, 0.1) is 10.8 Å². The van der Waals surface area contributed by atoms with Gasteiger partial charge in [-0.1, -0.05) is 58.8 Å². The molecule has 1 heterocycles. The molecule has 0 bridgehead atoms. The Morgan fingerprint density at radius 2 is 1.96 bits per heavy atom. The highest BCUT2D eigenvalue weighted by atomic mass is 16.8. The predicted octanol–water partition coefficient (Wildman–Crippen LogP) is 6.97. The van der Waals surface area contributed by atoms with Crippen LogP contribution in [0.1, 0.15) is 86.5 Å². The molecule has 0 saturated carbocycles. The maximum atomic E-state index is 6.81. The Labute approximate surface area is 161 Å². The zero-order valence-electron chi connectivity index (χ0n) is 18.0. The first-order valence-corrected chi connectivity index (χ1v) is 10.4. The summed E-state index contributed by atoms with van der Waals surface area (Å²) in [5.74, 6) is -0.586. The minimum Gasteiger partial charge on any atom is -0.340 e. The zero-order chi connectivity index (χ0) is 19.6. The second kappa shape index (κ2) is 7.64. The van der Waals surface area contributed by atoms with Crippen LogP contribution in [0.3, 0.4) is 0 Å². The SMILES string of the molecule is C=CCC(C)(C)[C@]1(CCCC)OC(C)(C)O[C@H]1C1=CCCC[C@]1(C)C=C. The van der Waals surface area contributed by atoms with Crippen molar-refractivity contribution in [2.24, 2.45) is 10.8 Å². The number of ether oxygens (including phenoxy) is 2. The van der Waals surface area contributed by atoms with Gasteiger partial charge in [0.15, 0.2) is 5.79 Å². The van der Waals surface area contributed by atoms with Crippen molar-refractivity contribution in [3.8, 4) is 0 Å². The molecule has 0 radical (unpaired) electrons.